The highest BCUT2D eigenvalue weighted by molar-refractivity contribution is 5.96. The highest BCUT2D eigenvalue weighted by atomic mass is 16.5. The number of benzene rings is 2. The van der Waals surface area contributed by atoms with Crippen molar-refractivity contribution in [1.82, 2.24) is 20.2 Å². The SMILES string of the molecule is COc1cc(-c2[nH]nc3c2C(c2nc4ccccc4[nH]2)CC(=O)N3)cc(OC)c1OC. The molecule has 1 aliphatic rings. The van der Waals surface area contributed by atoms with Crippen molar-refractivity contribution in [3.8, 4) is 28.5 Å². The largest absolute Gasteiger partial charge is 0.493 e. The maximum Gasteiger partial charge on any atom is 0.226 e. The Morgan fingerprint density at radius 1 is 1.03 bits per heavy atom. The van der Waals surface area contributed by atoms with Gasteiger partial charge in [0, 0.05) is 17.5 Å². The third kappa shape index (κ3) is 3.05. The van der Waals surface area contributed by atoms with E-state index in [-0.39, 0.29) is 18.2 Å². The zero-order valence-electron chi connectivity index (χ0n) is 17.3. The summed E-state index contributed by atoms with van der Waals surface area (Å²) in [5.74, 6) is 2.37. The van der Waals surface area contributed by atoms with E-state index in [1.54, 1.807) is 21.3 Å². The number of rotatable bonds is 5. The molecule has 1 atom stereocenters. The molecule has 0 radical (unpaired) electrons. The van der Waals surface area contributed by atoms with Crippen molar-refractivity contribution in [3.63, 3.8) is 0 Å². The van der Waals surface area contributed by atoms with Gasteiger partial charge in [-0.3, -0.25) is 9.89 Å². The number of H-pyrrole nitrogens is 2. The lowest BCUT2D eigenvalue weighted by Gasteiger charge is -2.22. The average molecular weight is 419 g/mol. The lowest BCUT2D eigenvalue weighted by atomic mass is 9.89. The Labute approximate surface area is 177 Å². The first-order valence-corrected chi connectivity index (χ1v) is 9.76. The van der Waals surface area contributed by atoms with Gasteiger partial charge in [0.15, 0.2) is 17.3 Å². The van der Waals surface area contributed by atoms with E-state index in [4.69, 9.17) is 19.2 Å². The van der Waals surface area contributed by atoms with Crippen LogP contribution in [0.3, 0.4) is 0 Å². The van der Waals surface area contributed by atoms with Gasteiger partial charge in [-0.15, -0.1) is 0 Å². The molecular weight excluding hydrogens is 398 g/mol. The van der Waals surface area contributed by atoms with Crippen molar-refractivity contribution in [3.05, 3.63) is 47.8 Å². The minimum absolute atomic E-state index is 0.110. The number of ether oxygens (including phenoxy) is 3. The van der Waals surface area contributed by atoms with Gasteiger partial charge in [0.2, 0.25) is 11.7 Å². The van der Waals surface area contributed by atoms with E-state index in [0.717, 1.165) is 27.9 Å². The molecule has 3 N–H and O–H groups in total. The maximum absolute atomic E-state index is 12.4. The van der Waals surface area contributed by atoms with Gasteiger partial charge in [-0.2, -0.15) is 5.10 Å². The first-order chi connectivity index (χ1) is 15.1. The predicted octanol–water partition coefficient (Wildman–Crippen LogP) is 3.45. The fraction of sp³-hybridized carbons (Fsp3) is 0.227. The summed E-state index contributed by atoms with van der Waals surface area (Å²) in [6, 6.07) is 11.5. The third-order valence-electron chi connectivity index (χ3n) is 5.49. The number of carbonyl (C=O) groups is 1. The Balaban J connectivity index is 1.68. The molecule has 31 heavy (non-hydrogen) atoms. The van der Waals surface area contributed by atoms with E-state index in [1.807, 2.05) is 36.4 Å². The summed E-state index contributed by atoms with van der Waals surface area (Å²) in [5.41, 5.74) is 4.17. The lowest BCUT2D eigenvalue weighted by molar-refractivity contribution is -0.116. The van der Waals surface area contributed by atoms with Crippen LogP contribution in [0, 0.1) is 0 Å². The Hall–Kier alpha value is -4.01. The normalized spacial score (nSPS) is 15.5. The standard InChI is InChI=1S/C22H21N5O4/c1-29-15-8-11(9-16(30-2)20(15)31-3)19-18-12(10-17(28)25-22(18)27-26-19)21-23-13-6-4-5-7-14(13)24-21/h4-9,12H,10H2,1-3H3,(H,23,24)(H2,25,26,27,28). The van der Waals surface area contributed by atoms with Crippen LogP contribution in [0.1, 0.15) is 23.7 Å². The quantitative estimate of drug-likeness (QED) is 0.457. The van der Waals surface area contributed by atoms with Crippen LogP contribution in [0.25, 0.3) is 22.3 Å². The Kier molecular flexibility index (Phi) is 4.50. The number of hydrogen-bond acceptors (Lipinski definition) is 6. The summed E-state index contributed by atoms with van der Waals surface area (Å²) in [6.45, 7) is 0. The van der Waals surface area contributed by atoms with Gasteiger partial charge in [-0.05, 0) is 24.3 Å². The first-order valence-electron chi connectivity index (χ1n) is 9.76. The van der Waals surface area contributed by atoms with E-state index >= 15 is 0 Å². The molecule has 2 aromatic heterocycles. The van der Waals surface area contributed by atoms with Crippen molar-refractivity contribution in [2.45, 2.75) is 12.3 Å². The van der Waals surface area contributed by atoms with Gasteiger partial charge in [-0.1, -0.05) is 12.1 Å². The number of imidazole rings is 1. The smallest absolute Gasteiger partial charge is 0.226 e. The Morgan fingerprint density at radius 3 is 2.45 bits per heavy atom. The predicted molar refractivity (Wildman–Crippen MR) is 115 cm³/mol. The van der Waals surface area contributed by atoms with Crippen LogP contribution in [-0.4, -0.2) is 47.4 Å². The van der Waals surface area contributed by atoms with Crippen LogP contribution in [0.4, 0.5) is 5.82 Å². The number of nitrogens with zero attached hydrogens (tertiary/aromatic N) is 2. The van der Waals surface area contributed by atoms with Gasteiger partial charge in [0.05, 0.1) is 44.0 Å². The first kappa shape index (κ1) is 19.0. The van der Waals surface area contributed by atoms with Crippen LogP contribution in [0.15, 0.2) is 36.4 Å². The molecule has 0 spiro atoms. The molecule has 2 aromatic carbocycles. The highest BCUT2D eigenvalue weighted by Crippen LogP contribution is 2.45. The van der Waals surface area contributed by atoms with E-state index in [0.29, 0.717) is 28.9 Å². The van der Waals surface area contributed by atoms with Crippen LogP contribution in [-0.2, 0) is 4.79 Å². The Bertz CT molecular complexity index is 1230. The number of amides is 1. The van der Waals surface area contributed by atoms with Gasteiger partial charge in [0.25, 0.3) is 0 Å². The van der Waals surface area contributed by atoms with E-state index in [9.17, 15) is 4.79 Å². The molecule has 9 nitrogen and oxygen atoms in total. The van der Waals surface area contributed by atoms with E-state index in [2.05, 4.69) is 20.5 Å². The lowest BCUT2D eigenvalue weighted by Crippen LogP contribution is -2.24. The minimum atomic E-state index is -0.288. The second-order valence-corrected chi connectivity index (χ2v) is 7.22. The third-order valence-corrected chi connectivity index (χ3v) is 5.49. The second kappa shape index (κ2) is 7.35. The van der Waals surface area contributed by atoms with Gasteiger partial charge in [-0.25, -0.2) is 4.98 Å². The number of para-hydroxylation sites is 2. The molecule has 0 fully saturated rings. The van der Waals surface area contributed by atoms with Crippen LogP contribution in [0.2, 0.25) is 0 Å². The number of hydrogen-bond donors (Lipinski definition) is 3. The van der Waals surface area contributed by atoms with E-state index < -0.39 is 0 Å². The summed E-state index contributed by atoms with van der Waals surface area (Å²) in [7, 11) is 4.70. The number of carbonyl (C=O) groups excluding carboxylic acids is 1. The van der Waals surface area contributed by atoms with E-state index in [1.165, 1.54) is 0 Å². The monoisotopic (exact) mass is 419 g/mol. The zero-order chi connectivity index (χ0) is 21.5. The Morgan fingerprint density at radius 2 is 1.77 bits per heavy atom. The molecule has 0 saturated carbocycles. The summed E-state index contributed by atoms with van der Waals surface area (Å²) < 4.78 is 16.4. The number of fused-ring (bicyclic) bond motifs is 2. The molecule has 0 aliphatic carbocycles. The molecule has 4 aromatic rings. The number of aromatic nitrogens is 4. The summed E-state index contributed by atoms with van der Waals surface area (Å²) in [6.07, 6.45) is 0.254. The van der Waals surface area contributed by atoms with Crippen molar-refractivity contribution >= 4 is 22.8 Å². The van der Waals surface area contributed by atoms with Gasteiger partial charge < -0.3 is 24.5 Å². The van der Waals surface area contributed by atoms with Crippen LogP contribution < -0.4 is 19.5 Å². The maximum atomic E-state index is 12.4. The summed E-state index contributed by atoms with van der Waals surface area (Å²) in [5, 5.41) is 10.3. The molecule has 9 heteroatoms. The van der Waals surface area contributed by atoms with Crippen LogP contribution in [0.5, 0.6) is 17.2 Å². The second-order valence-electron chi connectivity index (χ2n) is 7.22. The summed E-state index contributed by atoms with van der Waals surface area (Å²) >= 11 is 0. The number of anilines is 1. The molecule has 1 aliphatic heterocycles. The number of methoxy groups -OCH3 is 3. The molecule has 3 heterocycles. The fourth-order valence-electron chi connectivity index (χ4n) is 4.07. The molecule has 5 rings (SSSR count). The van der Waals surface area contributed by atoms with Crippen molar-refractivity contribution < 1.29 is 19.0 Å². The molecule has 1 amide bonds. The summed E-state index contributed by atoms with van der Waals surface area (Å²) in [4.78, 5) is 20.5. The molecular formula is C22H21N5O4. The zero-order valence-corrected chi connectivity index (χ0v) is 17.3. The van der Waals surface area contributed by atoms with Crippen molar-refractivity contribution in [1.29, 1.82) is 0 Å². The molecule has 0 bridgehead atoms. The van der Waals surface area contributed by atoms with Gasteiger partial charge in [0.1, 0.15) is 5.82 Å². The molecule has 1 unspecified atom stereocenters. The van der Waals surface area contributed by atoms with Crippen LogP contribution >= 0.6 is 0 Å². The van der Waals surface area contributed by atoms with Crippen molar-refractivity contribution in [2.24, 2.45) is 0 Å². The van der Waals surface area contributed by atoms with Crippen molar-refractivity contribution in [2.75, 3.05) is 26.6 Å². The average Bonchev–Trinajstić information content (AvgIpc) is 3.41. The highest BCUT2D eigenvalue weighted by Gasteiger charge is 2.34. The fourth-order valence-corrected chi connectivity index (χ4v) is 4.07. The molecule has 158 valence electrons. The number of aromatic amines is 2. The van der Waals surface area contributed by atoms with Gasteiger partial charge >= 0.3 is 0 Å². The number of nitrogens with one attached hydrogen (secondary N) is 3. The topological polar surface area (TPSA) is 114 Å². The minimum Gasteiger partial charge on any atom is -0.493 e. The molecule has 0 saturated heterocycles.